The predicted octanol–water partition coefficient (Wildman–Crippen LogP) is 15.9. The molecule has 6 nitrogen and oxygen atoms in total. The first-order valence-corrected chi connectivity index (χ1v) is 24.6. The summed E-state index contributed by atoms with van der Waals surface area (Å²) in [6.45, 7) is 6.47. The first-order chi connectivity index (χ1) is 28.5. The minimum Gasteiger partial charge on any atom is -0.462 e. The molecule has 0 aromatic rings. The molecular weight excluding hydrogens is 721 g/mol. The van der Waals surface area contributed by atoms with E-state index in [2.05, 4.69) is 69.4 Å². The normalized spacial score (nSPS) is 12.4. The standard InChI is InChI=1S/C52H92O6/c1-4-7-10-13-16-19-22-25-26-28-30-33-36-39-42-45-51(54)57-48-49(47-56-50(53)44-41-38-35-32-29-24-21-18-15-12-9-6-3)58-52(55)46-43-40-37-34-31-27-23-20-17-14-11-8-5-2/h9,12,18-19,21-22,29,32,49H,4-8,10-11,13-17,20,23-28,30-31,33-48H2,1-3H3/b12-9-,21-18-,22-19-,32-29-. The highest BCUT2D eigenvalue weighted by atomic mass is 16.6. The smallest absolute Gasteiger partial charge is 0.306 e. The molecular formula is C52H92O6. The minimum atomic E-state index is -0.785. The summed E-state index contributed by atoms with van der Waals surface area (Å²) in [5.41, 5.74) is 0. The van der Waals surface area contributed by atoms with Crippen LogP contribution in [0.25, 0.3) is 0 Å². The number of rotatable bonds is 44. The van der Waals surface area contributed by atoms with Crippen molar-refractivity contribution in [2.24, 2.45) is 0 Å². The van der Waals surface area contributed by atoms with Gasteiger partial charge in [-0.3, -0.25) is 14.4 Å². The average Bonchev–Trinajstić information content (AvgIpc) is 3.22. The van der Waals surface area contributed by atoms with Gasteiger partial charge in [0.05, 0.1) is 0 Å². The molecule has 336 valence electrons. The topological polar surface area (TPSA) is 78.9 Å². The summed E-state index contributed by atoms with van der Waals surface area (Å²) >= 11 is 0. The summed E-state index contributed by atoms with van der Waals surface area (Å²) in [5.74, 6) is -0.926. The van der Waals surface area contributed by atoms with Crippen molar-refractivity contribution in [3.63, 3.8) is 0 Å². The summed E-state index contributed by atoms with van der Waals surface area (Å²) in [4.78, 5) is 37.8. The molecule has 6 heteroatoms. The van der Waals surface area contributed by atoms with Crippen LogP contribution >= 0.6 is 0 Å². The molecule has 0 rings (SSSR count). The van der Waals surface area contributed by atoms with Crippen LogP contribution in [0, 0.1) is 0 Å². The van der Waals surface area contributed by atoms with Crippen LogP contribution in [-0.4, -0.2) is 37.2 Å². The van der Waals surface area contributed by atoms with Crippen LogP contribution in [0.4, 0.5) is 0 Å². The largest absolute Gasteiger partial charge is 0.462 e. The van der Waals surface area contributed by atoms with Gasteiger partial charge < -0.3 is 14.2 Å². The number of carbonyl (C=O) groups is 3. The van der Waals surface area contributed by atoms with E-state index >= 15 is 0 Å². The monoisotopic (exact) mass is 813 g/mol. The summed E-state index contributed by atoms with van der Waals surface area (Å²) in [5, 5.41) is 0. The fourth-order valence-corrected chi connectivity index (χ4v) is 6.86. The molecule has 58 heavy (non-hydrogen) atoms. The first kappa shape index (κ1) is 55.4. The molecule has 0 heterocycles. The number of allylic oxidation sites excluding steroid dienone is 8. The molecule has 0 aliphatic heterocycles. The van der Waals surface area contributed by atoms with Crippen molar-refractivity contribution < 1.29 is 28.6 Å². The summed E-state index contributed by atoms with van der Waals surface area (Å²) in [7, 11) is 0. The van der Waals surface area contributed by atoms with Crippen LogP contribution in [0.15, 0.2) is 48.6 Å². The van der Waals surface area contributed by atoms with Gasteiger partial charge in [-0.2, -0.15) is 0 Å². The Hall–Kier alpha value is -2.63. The molecule has 0 aliphatic rings. The number of carbonyl (C=O) groups excluding carboxylic acids is 3. The van der Waals surface area contributed by atoms with E-state index in [4.69, 9.17) is 14.2 Å². The lowest BCUT2D eigenvalue weighted by Gasteiger charge is -2.18. The van der Waals surface area contributed by atoms with Gasteiger partial charge in [-0.1, -0.05) is 198 Å². The highest BCUT2D eigenvalue weighted by Crippen LogP contribution is 2.15. The fraction of sp³-hybridized carbons (Fsp3) is 0.788. The van der Waals surface area contributed by atoms with Crippen molar-refractivity contribution in [1.82, 2.24) is 0 Å². The molecule has 0 amide bonds. The zero-order valence-corrected chi connectivity index (χ0v) is 38.3. The lowest BCUT2D eigenvalue weighted by Crippen LogP contribution is -2.30. The summed E-state index contributed by atoms with van der Waals surface area (Å²) < 4.78 is 16.7. The van der Waals surface area contributed by atoms with Crippen LogP contribution in [0.2, 0.25) is 0 Å². The van der Waals surface area contributed by atoms with Crippen molar-refractivity contribution >= 4 is 17.9 Å². The van der Waals surface area contributed by atoms with E-state index < -0.39 is 6.10 Å². The third-order valence-corrected chi connectivity index (χ3v) is 10.6. The number of esters is 3. The average molecular weight is 813 g/mol. The van der Waals surface area contributed by atoms with Gasteiger partial charge in [0.15, 0.2) is 6.10 Å². The maximum absolute atomic E-state index is 12.8. The highest BCUT2D eigenvalue weighted by molar-refractivity contribution is 5.71. The Morgan fingerprint density at radius 3 is 1.12 bits per heavy atom. The Bertz CT molecular complexity index is 1030. The Morgan fingerprint density at radius 1 is 0.362 bits per heavy atom. The molecule has 0 aromatic carbocycles. The van der Waals surface area contributed by atoms with E-state index in [1.54, 1.807) is 0 Å². The van der Waals surface area contributed by atoms with E-state index in [1.165, 1.54) is 128 Å². The van der Waals surface area contributed by atoms with Gasteiger partial charge in [0, 0.05) is 19.3 Å². The number of ether oxygens (including phenoxy) is 3. The Balaban J connectivity index is 4.40. The van der Waals surface area contributed by atoms with Gasteiger partial charge >= 0.3 is 17.9 Å². The molecule has 0 N–H and O–H groups in total. The van der Waals surface area contributed by atoms with E-state index in [0.717, 1.165) is 77.0 Å². The van der Waals surface area contributed by atoms with Crippen LogP contribution in [0.5, 0.6) is 0 Å². The van der Waals surface area contributed by atoms with Gasteiger partial charge in [-0.15, -0.1) is 0 Å². The van der Waals surface area contributed by atoms with Crippen molar-refractivity contribution in [3.05, 3.63) is 48.6 Å². The Kier molecular flexibility index (Phi) is 44.9. The van der Waals surface area contributed by atoms with E-state index in [0.29, 0.717) is 19.3 Å². The molecule has 0 aliphatic carbocycles. The SMILES string of the molecule is CC/C=C\C/C=C\C/C=C\CCCCC(=O)OCC(COC(=O)CCCCCCCCC/C=C\CCCCCC)OC(=O)CCCCCCCCCCCCCCC. The van der Waals surface area contributed by atoms with Gasteiger partial charge in [0.1, 0.15) is 13.2 Å². The second-order valence-electron chi connectivity index (χ2n) is 16.3. The zero-order valence-electron chi connectivity index (χ0n) is 38.3. The number of hydrogen-bond acceptors (Lipinski definition) is 6. The summed E-state index contributed by atoms with van der Waals surface area (Å²) in [6.07, 6.45) is 55.2. The van der Waals surface area contributed by atoms with Crippen LogP contribution in [0.1, 0.15) is 245 Å². The third-order valence-electron chi connectivity index (χ3n) is 10.6. The van der Waals surface area contributed by atoms with Crippen molar-refractivity contribution in [1.29, 1.82) is 0 Å². The summed E-state index contributed by atoms with van der Waals surface area (Å²) in [6, 6.07) is 0. The lowest BCUT2D eigenvalue weighted by molar-refractivity contribution is -0.167. The van der Waals surface area contributed by atoms with Gasteiger partial charge in [0.25, 0.3) is 0 Å². The fourth-order valence-electron chi connectivity index (χ4n) is 6.86. The van der Waals surface area contributed by atoms with Gasteiger partial charge in [-0.25, -0.2) is 0 Å². The second kappa shape index (κ2) is 47.1. The van der Waals surface area contributed by atoms with Crippen LogP contribution in [-0.2, 0) is 28.6 Å². The molecule has 1 unspecified atom stereocenters. The van der Waals surface area contributed by atoms with E-state index in [9.17, 15) is 14.4 Å². The van der Waals surface area contributed by atoms with Gasteiger partial charge in [-0.05, 0) is 77.0 Å². The molecule has 0 bridgehead atoms. The Morgan fingerprint density at radius 2 is 0.672 bits per heavy atom. The molecule has 0 radical (unpaired) electrons. The molecule has 0 aromatic heterocycles. The van der Waals surface area contributed by atoms with Crippen LogP contribution < -0.4 is 0 Å². The number of hydrogen-bond donors (Lipinski definition) is 0. The quantitative estimate of drug-likeness (QED) is 0.0264. The van der Waals surface area contributed by atoms with E-state index in [1.807, 2.05) is 0 Å². The molecule has 0 saturated carbocycles. The van der Waals surface area contributed by atoms with Crippen molar-refractivity contribution in [2.45, 2.75) is 252 Å². The maximum atomic E-state index is 12.8. The van der Waals surface area contributed by atoms with Crippen molar-refractivity contribution in [3.8, 4) is 0 Å². The molecule has 0 saturated heterocycles. The van der Waals surface area contributed by atoms with Crippen LogP contribution in [0.3, 0.4) is 0 Å². The zero-order chi connectivity index (χ0) is 42.3. The van der Waals surface area contributed by atoms with Gasteiger partial charge in [0.2, 0.25) is 0 Å². The minimum absolute atomic E-state index is 0.0855. The third kappa shape index (κ3) is 44.5. The maximum Gasteiger partial charge on any atom is 0.306 e. The second-order valence-corrected chi connectivity index (χ2v) is 16.3. The lowest BCUT2D eigenvalue weighted by atomic mass is 10.0. The number of unbranched alkanes of at least 4 members (excludes halogenated alkanes) is 25. The van der Waals surface area contributed by atoms with Crippen molar-refractivity contribution in [2.75, 3.05) is 13.2 Å². The molecule has 0 fully saturated rings. The highest BCUT2D eigenvalue weighted by Gasteiger charge is 2.19. The molecule has 0 spiro atoms. The molecule has 1 atom stereocenters. The van der Waals surface area contributed by atoms with E-state index in [-0.39, 0.29) is 31.1 Å². The Labute approximate surface area is 358 Å². The predicted molar refractivity (Wildman–Crippen MR) is 247 cm³/mol. The first-order valence-electron chi connectivity index (χ1n) is 24.6.